The van der Waals surface area contributed by atoms with Crippen LogP contribution in [0.5, 0.6) is 5.75 Å². The van der Waals surface area contributed by atoms with E-state index in [-0.39, 0.29) is 11.9 Å². The highest BCUT2D eigenvalue weighted by Gasteiger charge is 2.18. The van der Waals surface area contributed by atoms with Crippen molar-refractivity contribution in [1.82, 2.24) is 4.90 Å². The average molecular weight is 293 g/mol. The third-order valence-electron chi connectivity index (χ3n) is 3.30. The number of carbonyl (C=O) groups is 1. The van der Waals surface area contributed by atoms with E-state index in [9.17, 15) is 4.79 Å². The molecule has 1 aromatic carbocycles. The monoisotopic (exact) mass is 293 g/mol. The van der Waals surface area contributed by atoms with Crippen molar-refractivity contribution in [2.75, 3.05) is 30.7 Å². The largest absolute Gasteiger partial charge is 0.491 e. The molecule has 1 aromatic rings. The van der Waals surface area contributed by atoms with E-state index in [1.165, 1.54) is 0 Å². The third-order valence-corrected chi connectivity index (χ3v) is 3.30. The van der Waals surface area contributed by atoms with Gasteiger partial charge in [-0.15, -0.1) is 0 Å². The van der Waals surface area contributed by atoms with Crippen molar-refractivity contribution in [3.05, 3.63) is 18.2 Å². The maximum atomic E-state index is 12.2. The SMILES string of the molecule is CCCOc1cc(NC(C)C(=O)N(CC)CC)ccc1N. The Balaban J connectivity index is 2.75. The van der Waals surface area contributed by atoms with Crippen LogP contribution in [0.15, 0.2) is 18.2 Å². The normalized spacial score (nSPS) is 11.8. The molecule has 1 rings (SSSR count). The molecule has 0 aliphatic carbocycles. The second-order valence-corrected chi connectivity index (χ2v) is 4.98. The number of ether oxygens (including phenoxy) is 1. The average Bonchev–Trinajstić information content (AvgIpc) is 2.48. The summed E-state index contributed by atoms with van der Waals surface area (Å²) in [4.78, 5) is 14.1. The number of benzene rings is 1. The molecule has 0 heterocycles. The Morgan fingerprint density at radius 3 is 2.57 bits per heavy atom. The summed E-state index contributed by atoms with van der Waals surface area (Å²) in [5.74, 6) is 0.747. The first-order chi connectivity index (χ1) is 10.0. The van der Waals surface area contributed by atoms with Gasteiger partial charge in [-0.2, -0.15) is 0 Å². The number of likely N-dealkylation sites (N-methyl/N-ethyl adjacent to an activating group) is 1. The minimum absolute atomic E-state index is 0.0906. The lowest BCUT2D eigenvalue weighted by Crippen LogP contribution is -2.41. The highest BCUT2D eigenvalue weighted by atomic mass is 16.5. The van der Waals surface area contributed by atoms with Crippen molar-refractivity contribution >= 4 is 17.3 Å². The van der Waals surface area contributed by atoms with Gasteiger partial charge in [0, 0.05) is 24.8 Å². The van der Waals surface area contributed by atoms with Gasteiger partial charge in [-0.25, -0.2) is 0 Å². The first-order valence-electron chi connectivity index (χ1n) is 7.61. The van der Waals surface area contributed by atoms with Gasteiger partial charge in [0.05, 0.1) is 12.3 Å². The number of carbonyl (C=O) groups excluding carboxylic acids is 1. The summed E-state index contributed by atoms with van der Waals surface area (Å²) in [6.07, 6.45) is 0.925. The number of hydrogen-bond donors (Lipinski definition) is 2. The van der Waals surface area contributed by atoms with Gasteiger partial charge >= 0.3 is 0 Å². The minimum atomic E-state index is -0.285. The summed E-state index contributed by atoms with van der Waals surface area (Å²) in [5, 5.41) is 3.21. The number of nitrogens with one attached hydrogen (secondary N) is 1. The fourth-order valence-corrected chi connectivity index (χ4v) is 2.08. The number of hydrogen-bond acceptors (Lipinski definition) is 4. The molecule has 0 aromatic heterocycles. The van der Waals surface area contributed by atoms with E-state index in [4.69, 9.17) is 10.5 Å². The predicted molar refractivity (Wildman–Crippen MR) is 87.7 cm³/mol. The zero-order chi connectivity index (χ0) is 15.8. The predicted octanol–water partition coefficient (Wildman–Crippen LogP) is 2.73. The maximum absolute atomic E-state index is 12.2. The van der Waals surface area contributed by atoms with Crippen LogP contribution in [0, 0.1) is 0 Å². The molecule has 0 saturated carbocycles. The number of nitrogens with two attached hydrogens (primary N) is 1. The second-order valence-electron chi connectivity index (χ2n) is 4.98. The Morgan fingerprint density at radius 2 is 2.00 bits per heavy atom. The Morgan fingerprint density at radius 1 is 1.33 bits per heavy atom. The summed E-state index contributed by atoms with van der Waals surface area (Å²) in [6, 6.07) is 5.21. The molecular weight excluding hydrogens is 266 g/mol. The zero-order valence-corrected chi connectivity index (χ0v) is 13.5. The van der Waals surface area contributed by atoms with Gasteiger partial charge in [-0.05, 0) is 39.3 Å². The van der Waals surface area contributed by atoms with Gasteiger partial charge in [-0.3, -0.25) is 4.79 Å². The van der Waals surface area contributed by atoms with Crippen molar-refractivity contribution in [3.63, 3.8) is 0 Å². The van der Waals surface area contributed by atoms with Crippen LogP contribution < -0.4 is 15.8 Å². The quantitative estimate of drug-likeness (QED) is 0.723. The third kappa shape index (κ3) is 4.85. The molecular formula is C16H27N3O2. The van der Waals surface area contributed by atoms with Gasteiger partial charge in [0.2, 0.25) is 5.91 Å². The number of anilines is 2. The van der Waals surface area contributed by atoms with Crippen LogP contribution in [0.1, 0.15) is 34.1 Å². The van der Waals surface area contributed by atoms with Gasteiger partial charge in [0.15, 0.2) is 0 Å². The highest BCUT2D eigenvalue weighted by molar-refractivity contribution is 5.84. The van der Waals surface area contributed by atoms with Crippen LogP contribution in [-0.4, -0.2) is 36.5 Å². The summed E-state index contributed by atoms with van der Waals surface area (Å²) in [6.45, 7) is 9.93. The van der Waals surface area contributed by atoms with E-state index < -0.39 is 0 Å². The van der Waals surface area contributed by atoms with Crippen molar-refractivity contribution in [2.24, 2.45) is 0 Å². The topological polar surface area (TPSA) is 67.6 Å². The van der Waals surface area contributed by atoms with E-state index in [1.54, 1.807) is 6.07 Å². The fourth-order valence-electron chi connectivity index (χ4n) is 2.08. The molecule has 0 spiro atoms. The number of rotatable bonds is 8. The van der Waals surface area contributed by atoms with E-state index in [2.05, 4.69) is 5.32 Å². The Bertz CT molecular complexity index is 459. The lowest BCUT2D eigenvalue weighted by molar-refractivity contribution is -0.131. The van der Waals surface area contributed by atoms with Crippen molar-refractivity contribution in [2.45, 2.75) is 40.2 Å². The molecule has 21 heavy (non-hydrogen) atoms. The highest BCUT2D eigenvalue weighted by Crippen LogP contribution is 2.26. The van der Waals surface area contributed by atoms with E-state index in [0.29, 0.717) is 31.1 Å². The second kappa shape index (κ2) is 8.39. The van der Waals surface area contributed by atoms with Crippen molar-refractivity contribution in [1.29, 1.82) is 0 Å². The number of nitrogen functional groups attached to an aromatic ring is 1. The zero-order valence-electron chi connectivity index (χ0n) is 13.5. The molecule has 0 saturated heterocycles. The molecule has 1 atom stereocenters. The Labute approximate surface area is 127 Å². The Hall–Kier alpha value is -1.91. The molecule has 0 radical (unpaired) electrons. The summed E-state index contributed by atoms with van der Waals surface area (Å²) < 4.78 is 5.60. The number of nitrogens with zero attached hydrogens (tertiary/aromatic N) is 1. The molecule has 118 valence electrons. The summed E-state index contributed by atoms with van der Waals surface area (Å²) in [5.41, 5.74) is 7.33. The lowest BCUT2D eigenvalue weighted by Gasteiger charge is -2.24. The number of amides is 1. The van der Waals surface area contributed by atoms with Gasteiger partial charge in [0.25, 0.3) is 0 Å². The molecule has 5 heteroatoms. The first-order valence-corrected chi connectivity index (χ1v) is 7.61. The fraction of sp³-hybridized carbons (Fsp3) is 0.562. The smallest absolute Gasteiger partial charge is 0.244 e. The van der Waals surface area contributed by atoms with Crippen LogP contribution in [0.4, 0.5) is 11.4 Å². The van der Waals surface area contributed by atoms with Crippen LogP contribution >= 0.6 is 0 Å². The summed E-state index contributed by atoms with van der Waals surface area (Å²) in [7, 11) is 0. The van der Waals surface area contributed by atoms with Crippen molar-refractivity contribution in [3.8, 4) is 5.75 Å². The van der Waals surface area contributed by atoms with E-state index >= 15 is 0 Å². The lowest BCUT2D eigenvalue weighted by atomic mass is 10.2. The van der Waals surface area contributed by atoms with Gasteiger partial charge in [-0.1, -0.05) is 6.92 Å². The summed E-state index contributed by atoms with van der Waals surface area (Å²) >= 11 is 0. The molecule has 0 fully saturated rings. The van der Waals surface area contributed by atoms with Gasteiger partial charge in [0.1, 0.15) is 11.8 Å². The molecule has 3 N–H and O–H groups in total. The maximum Gasteiger partial charge on any atom is 0.244 e. The molecule has 0 aliphatic heterocycles. The first kappa shape index (κ1) is 17.1. The van der Waals surface area contributed by atoms with Gasteiger partial charge < -0.3 is 20.7 Å². The van der Waals surface area contributed by atoms with Crippen LogP contribution in [0.3, 0.4) is 0 Å². The van der Waals surface area contributed by atoms with Crippen LogP contribution in [0.25, 0.3) is 0 Å². The van der Waals surface area contributed by atoms with E-state index in [0.717, 1.165) is 12.1 Å². The van der Waals surface area contributed by atoms with Crippen LogP contribution in [-0.2, 0) is 4.79 Å². The van der Waals surface area contributed by atoms with Crippen molar-refractivity contribution < 1.29 is 9.53 Å². The minimum Gasteiger partial charge on any atom is -0.491 e. The molecule has 0 bridgehead atoms. The molecule has 0 aliphatic rings. The Kier molecular flexibility index (Phi) is 6.85. The molecule has 1 unspecified atom stereocenters. The standard InChI is InChI=1S/C16H27N3O2/c1-5-10-21-15-11-13(8-9-14(15)17)18-12(4)16(20)19(6-2)7-3/h8-9,11-12,18H,5-7,10,17H2,1-4H3. The molecule has 1 amide bonds. The van der Waals surface area contributed by atoms with E-state index in [1.807, 2.05) is 44.7 Å². The molecule has 5 nitrogen and oxygen atoms in total. The van der Waals surface area contributed by atoms with Crippen LogP contribution in [0.2, 0.25) is 0 Å².